The van der Waals surface area contributed by atoms with E-state index in [2.05, 4.69) is 27.4 Å². The minimum Gasteiger partial charge on any atom is -0.443 e. The van der Waals surface area contributed by atoms with Crippen LogP contribution in [0.1, 0.15) is 60.8 Å². The number of aromatic nitrogens is 1. The van der Waals surface area contributed by atoms with E-state index in [4.69, 9.17) is 9.47 Å². The van der Waals surface area contributed by atoms with E-state index in [1.54, 1.807) is 33.2 Å². The zero-order valence-corrected chi connectivity index (χ0v) is 24.2. The van der Waals surface area contributed by atoms with E-state index in [0.29, 0.717) is 22.6 Å². The third kappa shape index (κ3) is 5.37. The van der Waals surface area contributed by atoms with Crippen molar-refractivity contribution in [2.45, 2.75) is 52.0 Å². The number of nitrogens with one attached hydrogen (secondary N) is 2. The quantitative estimate of drug-likeness (QED) is 0.510. The molecule has 6 rings (SSSR count). The molecule has 0 aliphatic carbocycles. The first-order valence-electron chi connectivity index (χ1n) is 14.1. The number of morpholine rings is 1. The van der Waals surface area contributed by atoms with Crippen LogP contribution in [0.25, 0.3) is 5.70 Å². The molecule has 1 unspecified atom stereocenters. The molecule has 1 aromatic heterocycles. The number of ether oxygens (including phenoxy) is 2. The molecule has 0 radical (unpaired) electrons. The van der Waals surface area contributed by atoms with Gasteiger partial charge < -0.3 is 25.0 Å². The Bertz CT molecular complexity index is 1490. The second-order valence-corrected chi connectivity index (χ2v) is 11.7. The van der Waals surface area contributed by atoms with Crippen LogP contribution < -0.4 is 10.6 Å². The molecule has 10 nitrogen and oxygen atoms in total. The van der Waals surface area contributed by atoms with Crippen molar-refractivity contribution in [3.8, 4) is 0 Å². The highest BCUT2D eigenvalue weighted by Crippen LogP contribution is 2.40. The average molecular weight is 575 g/mol. The molecular weight excluding hydrogens is 539 g/mol. The molecule has 2 atom stereocenters. The number of allylic oxidation sites excluding steroid dienone is 2. The number of fused-ring (bicyclic) bond motifs is 2. The number of halogens is 1. The Balaban J connectivity index is 1.31. The van der Waals surface area contributed by atoms with Crippen LogP contribution in [-0.2, 0) is 16.0 Å². The molecule has 2 amide bonds. The lowest BCUT2D eigenvalue weighted by Crippen LogP contribution is -2.38. The highest BCUT2D eigenvalue weighted by atomic mass is 19.1. The fourth-order valence-electron chi connectivity index (χ4n) is 5.61. The number of benzene rings is 1. The van der Waals surface area contributed by atoms with Crippen LogP contribution in [0.5, 0.6) is 0 Å². The van der Waals surface area contributed by atoms with Gasteiger partial charge in [0.25, 0.3) is 5.91 Å². The van der Waals surface area contributed by atoms with Gasteiger partial charge in [-0.1, -0.05) is 12.1 Å². The minimum atomic E-state index is -0.764. The third-order valence-corrected chi connectivity index (χ3v) is 7.78. The zero-order chi connectivity index (χ0) is 29.6. The van der Waals surface area contributed by atoms with Gasteiger partial charge in [-0.25, -0.2) is 19.1 Å². The van der Waals surface area contributed by atoms with Gasteiger partial charge in [-0.05, 0) is 63.1 Å². The molecule has 2 aromatic rings. The van der Waals surface area contributed by atoms with Crippen LogP contribution in [0.2, 0.25) is 0 Å². The van der Waals surface area contributed by atoms with Gasteiger partial charge in [0.05, 0.1) is 36.7 Å². The molecule has 4 aliphatic heterocycles. The molecule has 1 aromatic carbocycles. The summed E-state index contributed by atoms with van der Waals surface area (Å²) < 4.78 is 24.9. The second-order valence-electron chi connectivity index (χ2n) is 11.7. The van der Waals surface area contributed by atoms with Crippen molar-refractivity contribution in [3.05, 3.63) is 83.1 Å². The van der Waals surface area contributed by atoms with Crippen molar-refractivity contribution in [1.29, 1.82) is 0 Å². The summed E-state index contributed by atoms with van der Waals surface area (Å²) in [6.45, 7) is 10.7. The number of carbonyl (C=O) groups is 2. The Labute approximate surface area is 244 Å². The lowest BCUT2D eigenvalue weighted by Gasteiger charge is -2.32. The summed E-state index contributed by atoms with van der Waals surface area (Å²) in [7, 11) is 0. The van der Waals surface area contributed by atoms with Crippen LogP contribution in [0.15, 0.2) is 60.8 Å². The Morgan fingerprint density at radius 1 is 1.21 bits per heavy atom. The fourth-order valence-corrected chi connectivity index (χ4v) is 5.61. The molecule has 2 N–H and O–H groups in total. The summed E-state index contributed by atoms with van der Waals surface area (Å²) in [4.78, 5) is 36.9. The monoisotopic (exact) mass is 574 g/mol. The van der Waals surface area contributed by atoms with E-state index in [0.717, 1.165) is 48.0 Å². The van der Waals surface area contributed by atoms with Gasteiger partial charge in [-0.15, -0.1) is 0 Å². The Kier molecular flexibility index (Phi) is 7.24. The molecule has 42 heavy (non-hydrogen) atoms. The van der Waals surface area contributed by atoms with Gasteiger partial charge in [0.2, 0.25) is 0 Å². The normalized spacial score (nSPS) is 20.9. The molecule has 0 spiro atoms. The maximum absolute atomic E-state index is 13.9. The SMILES string of the molecule is C[C@H](c1ccc(Nc2ccc(C3=CNC4C=C(F)C=CN34)c3c2C(=O)N(C(=O)OC(C)(C)C)C3)nc1)N1CCOCC1. The number of imide groups is 1. The predicted octanol–water partition coefficient (Wildman–Crippen LogP) is 5.02. The van der Waals surface area contributed by atoms with Crippen LogP contribution in [-0.4, -0.2) is 69.8 Å². The molecule has 0 bridgehead atoms. The summed E-state index contributed by atoms with van der Waals surface area (Å²) in [6.07, 6.45) is 7.09. The summed E-state index contributed by atoms with van der Waals surface area (Å²) in [6, 6.07) is 7.84. The highest BCUT2D eigenvalue weighted by Gasteiger charge is 2.40. The number of amides is 2. The summed E-state index contributed by atoms with van der Waals surface area (Å²) in [5.41, 5.74) is 3.43. The lowest BCUT2D eigenvalue weighted by molar-refractivity contribution is 0.0198. The van der Waals surface area contributed by atoms with E-state index in [1.165, 1.54) is 12.2 Å². The Morgan fingerprint density at radius 2 is 2.00 bits per heavy atom. The predicted molar refractivity (Wildman–Crippen MR) is 156 cm³/mol. The summed E-state index contributed by atoms with van der Waals surface area (Å²) in [5.74, 6) is -0.204. The van der Waals surface area contributed by atoms with Crippen molar-refractivity contribution in [3.63, 3.8) is 0 Å². The number of rotatable bonds is 5. The van der Waals surface area contributed by atoms with Crippen molar-refractivity contribution < 1.29 is 23.5 Å². The van der Waals surface area contributed by atoms with Gasteiger partial charge >= 0.3 is 6.09 Å². The lowest BCUT2D eigenvalue weighted by atomic mass is 9.98. The molecular formula is C31H35FN6O4. The van der Waals surface area contributed by atoms with Gasteiger partial charge in [-0.2, -0.15) is 0 Å². The van der Waals surface area contributed by atoms with Crippen LogP contribution in [0.3, 0.4) is 0 Å². The van der Waals surface area contributed by atoms with Gasteiger partial charge in [0.1, 0.15) is 23.4 Å². The number of pyridine rings is 1. The smallest absolute Gasteiger partial charge is 0.417 e. The minimum absolute atomic E-state index is 0.0428. The van der Waals surface area contributed by atoms with Gasteiger partial charge in [0, 0.05) is 43.3 Å². The fraction of sp³-hybridized carbons (Fsp3) is 0.387. The number of hydrogen-bond acceptors (Lipinski definition) is 9. The van der Waals surface area contributed by atoms with E-state index in [9.17, 15) is 14.0 Å². The molecule has 0 saturated carbocycles. The molecule has 5 heterocycles. The molecule has 1 saturated heterocycles. The summed E-state index contributed by atoms with van der Waals surface area (Å²) >= 11 is 0. The van der Waals surface area contributed by atoms with Gasteiger partial charge in [-0.3, -0.25) is 9.69 Å². The number of hydrogen-bond donors (Lipinski definition) is 2. The van der Waals surface area contributed by atoms with Crippen LogP contribution in [0, 0.1) is 0 Å². The highest BCUT2D eigenvalue weighted by molar-refractivity contribution is 6.11. The molecule has 1 fully saturated rings. The van der Waals surface area contributed by atoms with E-state index >= 15 is 0 Å². The van der Waals surface area contributed by atoms with E-state index in [-0.39, 0.29) is 24.6 Å². The van der Waals surface area contributed by atoms with Crippen LogP contribution >= 0.6 is 0 Å². The maximum Gasteiger partial charge on any atom is 0.417 e. The van der Waals surface area contributed by atoms with Crippen molar-refractivity contribution >= 4 is 29.2 Å². The maximum atomic E-state index is 13.9. The molecule has 11 heteroatoms. The first-order chi connectivity index (χ1) is 20.1. The van der Waals surface area contributed by atoms with Crippen molar-refractivity contribution in [2.24, 2.45) is 0 Å². The standard InChI is InChI=1S/C31H35FN6O4/c1-19(36-11-13-41-14-12-36)20-5-8-26(33-16-20)35-24-7-6-22(25-17-34-27-15-21(32)9-10-37(25)27)23-18-38(29(39)28(23)24)30(40)42-31(2,3)4/h5-10,15-17,19,27,34H,11-14,18H2,1-4H3,(H,33,35)/t19-,27?/m1/s1. The van der Waals surface area contributed by atoms with Crippen molar-refractivity contribution in [1.82, 2.24) is 25.0 Å². The number of nitrogens with zero attached hydrogens (tertiary/aromatic N) is 4. The van der Waals surface area contributed by atoms with E-state index < -0.39 is 17.6 Å². The molecule has 220 valence electrons. The van der Waals surface area contributed by atoms with Gasteiger partial charge in [0.15, 0.2) is 0 Å². The largest absolute Gasteiger partial charge is 0.443 e. The average Bonchev–Trinajstić information content (AvgIpc) is 3.54. The van der Waals surface area contributed by atoms with E-state index in [1.807, 2.05) is 35.4 Å². The molecule has 4 aliphatic rings. The topological polar surface area (TPSA) is 99.3 Å². The number of anilines is 2. The third-order valence-electron chi connectivity index (χ3n) is 7.78. The Hall–Kier alpha value is -4.22. The summed E-state index contributed by atoms with van der Waals surface area (Å²) in [5, 5.41) is 6.47. The van der Waals surface area contributed by atoms with Crippen LogP contribution in [0.4, 0.5) is 20.7 Å². The Morgan fingerprint density at radius 3 is 2.71 bits per heavy atom. The first-order valence-corrected chi connectivity index (χ1v) is 14.1. The number of carbonyl (C=O) groups excluding carboxylic acids is 2. The van der Waals surface area contributed by atoms with Crippen molar-refractivity contribution in [2.75, 3.05) is 31.6 Å². The first kappa shape index (κ1) is 27.9. The zero-order valence-electron chi connectivity index (χ0n) is 24.2. The second kappa shape index (κ2) is 10.9.